The molecule has 1 aliphatic rings. The maximum absolute atomic E-state index is 15.0. The van der Waals surface area contributed by atoms with Gasteiger partial charge in [-0.05, 0) is 42.0 Å². The van der Waals surface area contributed by atoms with Gasteiger partial charge in [0, 0.05) is 10.9 Å². The van der Waals surface area contributed by atoms with Gasteiger partial charge in [0.25, 0.3) is 11.8 Å². The molecule has 1 fully saturated rings. The van der Waals surface area contributed by atoms with Crippen molar-refractivity contribution in [2.75, 3.05) is 0 Å². The Morgan fingerprint density at radius 2 is 1.79 bits per heavy atom. The number of carboxylic acid groups (broad SMARTS) is 1. The number of alkyl halides is 3. The summed E-state index contributed by atoms with van der Waals surface area (Å²) in [7, 11) is 0. The topological polar surface area (TPSA) is 130 Å². The van der Waals surface area contributed by atoms with E-state index in [1.54, 1.807) is 0 Å². The molecule has 198 valence electrons. The molecule has 0 spiro atoms. The first-order chi connectivity index (χ1) is 18.4. The lowest BCUT2D eigenvalue weighted by Gasteiger charge is -2.14. The average molecular weight is 561 g/mol. The van der Waals surface area contributed by atoms with Crippen LogP contribution in [0.3, 0.4) is 0 Å². The van der Waals surface area contributed by atoms with Gasteiger partial charge in [-0.15, -0.1) is 0 Å². The van der Waals surface area contributed by atoms with Crippen LogP contribution >= 0.6 is 11.6 Å². The standard InChI is InChI=1S/C25H13ClF4N4O5/c26-15-3-1-2-14(25(28,29)30)18(15)22(36)34-17-9-10(19-21(35)32-24(39)31-19)4-7-13(17)20(33-34)12-6-5-11(23(37)38)8-16(12)27/h1-9,19H,(H,37,38)(H2,31,32,35,39). The highest BCUT2D eigenvalue weighted by Gasteiger charge is 2.38. The molecule has 3 aromatic carbocycles. The van der Waals surface area contributed by atoms with Crippen LogP contribution in [0.2, 0.25) is 5.02 Å². The third-order valence-electron chi connectivity index (χ3n) is 6.01. The number of aromatic carboxylic acids is 1. The molecule has 3 amide bonds. The minimum absolute atomic E-state index is 0.0828. The molecule has 3 N–H and O–H groups in total. The zero-order valence-electron chi connectivity index (χ0n) is 19.1. The molecule has 2 heterocycles. The number of carboxylic acids is 1. The van der Waals surface area contributed by atoms with Gasteiger partial charge in [-0.3, -0.25) is 14.9 Å². The molecule has 1 atom stereocenters. The molecule has 1 aliphatic heterocycles. The molecule has 14 heteroatoms. The summed E-state index contributed by atoms with van der Waals surface area (Å²) in [5.74, 6) is -4.43. The number of carbonyl (C=O) groups is 4. The average Bonchev–Trinajstić information content (AvgIpc) is 3.41. The smallest absolute Gasteiger partial charge is 0.417 e. The molecular weight excluding hydrogens is 548 g/mol. The number of rotatable bonds is 4. The fourth-order valence-electron chi connectivity index (χ4n) is 4.24. The van der Waals surface area contributed by atoms with Crippen LogP contribution in [0.15, 0.2) is 54.6 Å². The lowest BCUT2D eigenvalue weighted by Crippen LogP contribution is -2.22. The van der Waals surface area contributed by atoms with E-state index in [9.17, 15) is 36.7 Å². The van der Waals surface area contributed by atoms with Gasteiger partial charge in [-0.2, -0.15) is 23.0 Å². The number of hydrogen-bond donors (Lipinski definition) is 3. The summed E-state index contributed by atoms with van der Waals surface area (Å²) in [5, 5.41) is 17.2. The number of halogens is 5. The first-order valence-electron chi connectivity index (χ1n) is 10.9. The van der Waals surface area contributed by atoms with Crippen molar-refractivity contribution in [3.05, 3.63) is 87.7 Å². The van der Waals surface area contributed by atoms with Crippen molar-refractivity contribution >= 4 is 46.3 Å². The van der Waals surface area contributed by atoms with Crippen LogP contribution in [0.1, 0.15) is 37.9 Å². The summed E-state index contributed by atoms with van der Waals surface area (Å²) in [6.07, 6.45) is -4.96. The Labute approximate surface area is 220 Å². The third kappa shape index (κ3) is 4.46. The summed E-state index contributed by atoms with van der Waals surface area (Å²) >= 11 is 6.02. The van der Waals surface area contributed by atoms with Crippen molar-refractivity contribution < 1.29 is 41.8 Å². The van der Waals surface area contributed by atoms with E-state index in [2.05, 4.69) is 10.4 Å². The molecular formula is C25H13ClF4N4O5. The number of benzene rings is 3. The predicted octanol–water partition coefficient (Wildman–Crippen LogP) is 4.78. The van der Waals surface area contributed by atoms with Crippen LogP contribution < -0.4 is 10.6 Å². The van der Waals surface area contributed by atoms with E-state index >= 15 is 0 Å². The number of hydrogen-bond acceptors (Lipinski definition) is 5. The van der Waals surface area contributed by atoms with E-state index in [0.717, 1.165) is 30.3 Å². The van der Waals surface area contributed by atoms with Gasteiger partial charge in [0.2, 0.25) is 0 Å². The van der Waals surface area contributed by atoms with E-state index in [4.69, 9.17) is 16.7 Å². The van der Waals surface area contributed by atoms with E-state index < -0.39 is 58.0 Å². The van der Waals surface area contributed by atoms with Crippen molar-refractivity contribution in [2.24, 2.45) is 0 Å². The number of amides is 3. The Morgan fingerprint density at radius 1 is 1.05 bits per heavy atom. The number of urea groups is 1. The maximum Gasteiger partial charge on any atom is 0.417 e. The number of nitrogens with one attached hydrogen (secondary N) is 2. The second-order valence-corrected chi connectivity index (χ2v) is 8.81. The summed E-state index contributed by atoms with van der Waals surface area (Å²) in [5.41, 5.74) is -3.03. The van der Waals surface area contributed by atoms with Crippen molar-refractivity contribution in [1.82, 2.24) is 20.4 Å². The molecule has 1 saturated heterocycles. The van der Waals surface area contributed by atoms with Crippen molar-refractivity contribution in [1.29, 1.82) is 0 Å². The maximum atomic E-state index is 15.0. The van der Waals surface area contributed by atoms with Crippen LogP contribution in [0.25, 0.3) is 22.2 Å². The summed E-state index contributed by atoms with van der Waals surface area (Å²) in [6, 6.07) is 7.72. The van der Waals surface area contributed by atoms with Gasteiger partial charge in [0.05, 0.1) is 27.2 Å². The summed E-state index contributed by atoms with van der Waals surface area (Å²) < 4.78 is 56.9. The number of carbonyl (C=O) groups excluding carboxylic acids is 3. The Balaban J connectivity index is 1.76. The Bertz CT molecular complexity index is 1730. The fraction of sp³-hybridized carbons (Fsp3) is 0.0800. The van der Waals surface area contributed by atoms with Gasteiger partial charge in [-0.25, -0.2) is 14.0 Å². The van der Waals surface area contributed by atoms with Crippen LogP contribution in [-0.4, -0.2) is 38.7 Å². The normalized spacial score (nSPS) is 15.4. The molecule has 1 aromatic heterocycles. The monoisotopic (exact) mass is 560 g/mol. The SMILES string of the molecule is O=C1NC(=O)C(c2ccc3c(-c4ccc(C(=O)O)cc4F)nn(C(=O)c4c(Cl)cccc4C(F)(F)F)c3c2)N1. The molecule has 0 radical (unpaired) electrons. The number of fused-ring (bicyclic) bond motifs is 1. The highest BCUT2D eigenvalue weighted by molar-refractivity contribution is 6.34. The Kier molecular flexibility index (Phi) is 6.10. The largest absolute Gasteiger partial charge is 0.478 e. The van der Waals surface area contributed by atoms with E-state index in [1.807, 2.05) is 5.32 Å². The molecule has 9 nitrogen and oxygen atoms in total. The minimum Gasteiger partial charge on any atom is -0.478 e. The van der Waals surface area contributed by atoms with Crippen LogP contribution in [0, 0.1) is 5.82 Å². The third-order valence-corrected chi connectivity index (χ3v) is 6.32. The van der Waals surface area contributed by atoms with Crippen molar-refractivity contribution in [3.8, 4) is 11.3 Å². The van der Waals surface area contributed by atoms with E-state index in [1.165, 1.54) is 18.2 Å². The molecule has 5 rings (SSSR count). The van der Waals surface area contributed by atoms with Crippen LogP contribution in [0.4, 0.5) is 22.4 Å². The van der Waals surface area contributed by atoms with Gasteiger partial charge in [0.1, 0.15) is 17.6 Å². The fourth-order valence-corrected chi connectivity index (χ4v) is 4.50. The van der Waals surface area contributed by atoms with E-state index in [0.29, 0.717) is 10.7 Å². The first-order valence-corrected chi connectivity index (χ1v) is 11.3. The summed E-state index contributed by atoms with van der Waals surface area (Å²) in [6.45, 7) is 0. The van der Waals surface area contributed by atoms with Crippen molar-refractivity contribution in [2.45, 2.75) is 12.2 Å². The van der Waals surface area contributed by atoms with Crippen LogP contribution in [-0.2, 0) is 11.0 Å². The van der Waals surface area contributed by atoms with Gasteiger partial charge < -0.3 is 10.4 Å². The highest BCUT2D eigenvalue weighted by Crippen LogP contribution is 2.37. The predicted molar refractivity (Wildman–Crippen MR) is 128 cm³/mol. The zero-order chi connectivity index (χ0) is 28.2. The van der Waals surface area contributed by atoms with E-state index in [-0.39, 0.29) is 33.3 Å². The second kappa shape index (κ2) is 9.20. The Hall–Kier alpha value is -4.78. The lowest BCUT2D eigenvalue weighted by atomic mass is 10.0. The first kappa shape index (κ1) is 25.9. The van der Waals surface area contributed by atoms with Crippen molar-refractivity contribution in [3.63, 3.8) is 0 Å². The lowest BCUT2D eigenvalue weighted by molar-refractivity contribution is -0.138. The molecule has 1 unspecified atom stereocenters. The molecule has 39 heavy (non-hydrogen) atoms. The number of imide groups is 1. The minimum atomic E-state index is -4.96. The van der Waals surface area contributed by atoms with Gasteiger partial charge in [-0.1, -0.05) is 29.8 Å². The molecule has 0 bridgehead atoms. The van der Waals surface area contributed by atoms with Crippen LogP contribution in [0.5, 0.6) is 0 Å². The quantitative estimate of drug-likeness (QED) is 0.243. The van der Waals surface area contributed by atoms with Gasteiger partial charge in [0.15, 0.2) is 0 Å². The van der Waals surface area contributed by atoms with Gasteiger partial charge >= 0.3 is 18.2 Å². The second-order valence-electron chi connectivity index (χ2n) is 8.40. The summed E-state index contributed by atoms with van der Waals surface area (Å²) in [4.78, 5) is 48.6. The highest BCUT2D eigenvalue weighted by atomic mass is 35.5. The molecule has 0 saturated carbocycles. The Morgan fingerprint density at radius 3 is 2.41 bits per heavy atom. The molecule has 4 aromatic rings. The number of aromatic nitrogens is 2. The number of nitrogens with zero attached hydrogens (tertiary/aromatic N) is 2. The molecule has 0 aliphatic carbocycles. The zero-order valence-corrected chi connectivity index (χ0v) is 19.9.